The van der Waals surface area contributed by atoms with Crippen LogP contribution >= 0.6 is 0 Å². The Hall–Kier alpha value is -1.56. The largest absolute Gasteiger partial charge is 0.385 e. The van der Waals surface area contributed by atoms with Crippen molar-refractivity contribution in [3.05, 3.63) is 17.7 Å². The van der Waals surface area contributed by atoms with Gasteiger partial charge in [0.25, 0.3) is 0 Å². The van der Waals surface area contributed by atoms with E-state index < -0.39 is 0 Å². The van der Waals surface area contributed by atoms with Crippen LogP contribution in [0.3, 0.4) is 0 Å². The molecule has 1 atom stereocenters. The summed E-state index contributed by atoms with van der Waals surface area (Å²) >= 11 is 0. The van der Waals surface area contributed by atoms with Gasteiger partial charge in [-0.05, 0) is 26.7 Å². The van der Waals surface area contributed by atoms with Crippen LogP contribution in [0.15, 0.2) is 6.20 Å². The van der Waals surface area contributed by atoms with Gasteiger partial charge in [-0.3, -0.25) is 0 Å². The number of rotatable bonds is 6. The Balaban J connectivity index is 2.01. The summed E-state index contributed by atoms with van der Waals surface area (Å²) < 4.78 is 7.39. The first-order valence-electron chi connectivity index (χ1n) is 7.71. The second kappa shape index (κ2) is 7.45. The zero-order valence-electron chi connectivity index (χ0n) is 13.3. The van der Waals surface area contributed by atoms with Crippen molar-refractivity contribution in [1.82, 2.24) is 19.8 Å². The number of aromatic nitrogens is 2. The monoisotopic (exact) mass is 294 g/mol. The third-order valence-corrected chi connectivity index (χ3v) is 3.98. The average Bonchev–Trinajstić information content (AvgIpc) is 3.07. The Morgan fingerprint density at radius 2 is 2.38 bits per heavy atom. The van der Waals surface area contributed by atoms with Crippen LogP contribution in [0.1, 0.15) is 37.2 Å². The quantitative estimate of drug-likeness (QED) is 0.813. The Kier molecular flexibility index (Phi) is 5.61. The van der Waals surface area contributed by atoms with Crippen molar-refractivity contribution in [3.8, 4) is 0 Å². The van der Waals surface area contributed by atoms with E-state index in [2.05, 4.69) is 21.8 Å². The third kappa shape index (κ3) is 3.75. The molecular formula is C15H26N4O2. The Morgan fingerprint density at radius 3 is 3.10 bits per heavy atom. The van der Waals surface area contributed by atoms with Gasteiger partial charge in [0.2, 0.25) is 0 Å². The SMILES string of the molecule is CCNC(=O)N1CCC(c2ncc(C)n2CCCOC)C1. The Morgan fingerprint density at radius 1 is 1.57 bits per heavy atom. The molecule has 0 saturated carbocycles. The fourth-order valence-corrected chi connectivity index (χ4v) is 2.88. The number of carbonyl (C=O) groups excluding carboxylic acids is 1. The van der Waals surface area contributed by atoms with Gasteiger partial charge in [0.1, 0.15) is 5.82 Å². The van der Waals surface area contributed by atoms with Crippen LogP contribution < -0.4 is 5.32 Å². The summed E-state index contributed by atoms with van der Waals surface area (Å²) in [6.07, 6.45) is 3.89. The molecular weight excluding hydrogens is 268 g/mol. The number of hydrogen-bond acceptors (Lipinski definition) is 3. The van der Waals surface area contributed by atoms with Crippen LogP contribution in [-0.2, 0) is 11.3 Å². The molecule has 1 aromatic heterocycles. The molecule has 2 heterocycles. The molecule has 1 unspecified atom stereocenters. The van der Waals surface area contributed by atoms with Gasteiger partial charge in [-0.25, -0.2) is 9.78 Å². The van der Waals surface area contributed by atoms with E-state index in [1.54, 1.807) is 7.11 Å². The number of methoxy groups -OCH3 is 1. The van der Waals surface area contributed by atoms with Gasteiger partial charge >= 0.3 is 6.03 Å². The van der Waals surface area contributed by atoms with Crippen LogP contribution in [0.4, 0.5) is 4.79 Å². The summed E-state index contributed by atoms with van der Waals surface area (Å²) in [5.41, 5.74) is 1.18. The van der Waals surface area contributed by atoms with Crippen molar-refractivity contribution in [1.29, 1.82) is 0 Å². The average molecular weight is 294 g/mol. The second-order valence-corrected chi connectivity index (χ2v) is 5.52. The maximum atomic E-state index is 11.9. The number of nitrogens with one attached hydrogen (secondary N) is 1. The summed E-state index contributed by atoms with van der Waals surface area (Å²) in [7, 11) is 1.73. The second-order valence-electron chi connectivity index (χ2n) is 5.52. The minimum absolute atomic E-state index is 0.0363. The molecule has 1 aliphatic rings. The highest BCUT2D eigenvalue weighted by Gasteiger charge is 2.30. The van der Waals surface area contributed by atoms with Gasteiger partial charge in [-0.2, -0.15) is 0 Å². The van der Waals surface area contributed by atoms with E-state index in [4.69, 9.17) is 4.74 Å². The lowest BCUT2D eigenvalue weighted by Gasteiger charge is -2.17. The van der Waals surface area contributed by atoms with E-state index in [1.165, 1.54) is 5.69 Å². The van der Waals surface area contributed by atoms with E-state index in [1.807, 2.05) is 18.0 Å². The molecule has 0 aromatic carbocycles. The van der Waals surface area contributed by atoms with Crippen molar-refractivity contribution in [2.45, 2.75) is 39.2 Å². The van der Waals surface area contributed by atoms with Gasteiger partial charge in [0.15, 0.2) is 0 Å². The van der Waals surface area contributed by atoms with Crippen molar-refractivity contribution >= 4 is 6.03 Å². The fourth-order valence-electron chi connectivity index (χ4n) is 2.88. The lowest BCUT2D eigenvalue weighted by atomic mass is 10.1. The predicted molar refractivity (Wildman–Crippen MR) is 81.5 cm³/mol. The zero-order valence-corrected chi connectivity index (χ0v) is 13.3. The molecule has 6 nitrogen and oxygen atoms in total. The number of aryl methyl sites for hydroxylation is 1. The highest BCUT2D eigenvalue weighted by molar-refractivity contribution is 5.74. The van der Waals surface area contributed by atoms with Crippen molar-refractivity contribution in [3.63, 3.8) is 0 Å². The van der Waals surface area contributed by atoms with Gasteiger partial charge in [-0.1, -0.05) is 0 Å². The maximum absolute atomic E-state index is 11.9. The maximum Gasteiger partial charge on any atom is 0.317 e. The summed E-state index contributed by atoms with van der Waals surface area (Å²) in [4.78, 5) is 18.4. The van der Waals surface area contributed by atoms with E-state index >= 15 is 0 Å². The number of amides is 2. The van der Waals surface area contributed by atoms with Crippen LogP contribution in [0, 0.1) is 6.92 Å². The smallest absolute Gasteiger partial charge is 0.317 e. The number of ether oxygens (including phenoxy) is 1. The molecule has 0 bridgehead atoms. The normalized spacial score (nSPS) is 18.2. The molecule has 1 fully saturated rings. The van der Waals surface area contributed by atoms with Gasteiger partial charge in [0, 0.05) is 57.7 Å². The molecule has 1 saturated heterocycles. The molecule has 0 aliphatic carbocycles. The van der Waals surface area contributed by atoms with Gasteiger partial charge in [0.05, 0.1) is 0 Å². The first kappa shape index (κ1) is 15.8. The molecule has 0 spiro atoms. The number of carbonyl (C=O) groups is 1. The molecule has 1 aromatic rings. The van der Waals surface area contributed by atoms with E-state index in [0.717, 1.165) is 44.9 Å². The van der Waals surface area contributed by atoms with Crippen LogP contribution in [-0.4, -0.2) is 53.8 Å². The first-order valence-corrected chi connectivity index (χ1v) is 7.71. The number of hydrogen-bond donors (Lipinski definition) is 1. The number of nitrogens with zero attached hydrogens (tertiary/aromatic N) is 3. The molecule has 118 valence electrons. The van der Waals surface area contributed by atoms with Crippen LogP contribution in [0.2, 0.25) is 0 Å². The van der Waals surface area contributed by atoms with Gasteiger partial charge < -0.3 is 19.5 Å². The zero-order chi connectivity index (χ0) is 15.2. The van der Waals surface area contributed by atoms with Crippen molar-refractivity contribution in [2.24, 2.45) is 0 Å². The highest BCUT2D eigenvalue weighted by Crippen LogP contribution is 2.27. The topological polar surface area (TPSA) is 59.4 Å². The van der Waals surface area contributed by atoms with E-state index in [0.29, 0.717) is 12.5 Å². The molecule has 2 rings (SSSR count). The molecule has 2 amide bonds. The summed E-state index contributed by atoms with van der Waals surface area (Å²) in [5.74, 6) is 1.44. The first-order chi connectivity index (χ1) is 10.2. The lowest BCUT2D eigenvalue weighted by molar-refractivity contribution is 0.189. The summed E-state index contributed by atoms with van der Waals surface area (Å²) in [6.45, 7) is 7.94. The lowest BCUT2D eigenvalue weighted by Crippen LogP contribution is -2.38. The Bertz CT molecular complexity index is 472. The minimum Gasteiger partial charge on any atom is -0.385 e. The fraction of sp³-hybridized carbons (Fsp3) is 0.733. The third-order valence-electron chi connectivity index (χ3n) is 3.98. The van der Waals surface area contributed by atoms with E-state index in [-0.39, 0.29) is 6.03 Å². The Labute approximate surface area is 126 Å². The molecule has 0 radical (unpaired) electrons. The number of urea groups is 1. The van der Waals surface area contributed by atoms with Gasteiger partial charge in [-0.15, -0.1) is 0 Å². The summed E-state index contributed by atoms with van der Waals surface area (Å²) in [5, 5.41) is 2.86. The number of likely N-dealkylation sites (tertiary alicyclic amines) is 1. The molecule has 6 heteroatoms. The van der Waals surface area contributed by atoms with Crippen LogP contribution in [0.5, 0.6) is 0 Å². The predicted octanol–water partition coefficient (Wildman–Crippen LogP) is 1.75. The molecule has 1 aliphatic heterocycles. The molecule has 1 N–H and O–H groups in total. The minimum atomic E-state index is 0.0363. The highest BCUT2D eigenvalue weighted by atomic mass is 16.5. The molecule has 21 heavy (non-hydrogen) atoms. The summed E-state index contributed by atoms with van der Waals surface area (Å²) in [6, 6.07) is 0.0363. The van der Waals surface area contributed by atoms with Crippen LogP contribution in [0.25, 0.3) is 0 Å². The van der Waals surface area contributed by atoms with Crippen molar-refractivity contribution < 1.29 is 9.53 Å². The standard InChI is InChI=1S/C15H26N4O2/c1-4-16-15(20)18-8-6-13(11-18)14-17-10-12(2)19(14)7-5-9-21-3/h10,13H,4-9,11H2,1-3H3,(H,16,20). The van der Waals surface area contributed by atoms with E-state index in [9.17, 15) is 4.79 Å². The van der Waals surface area contributed by atoms with Crippen molar-refractivity contribution in [2.75, 3.05) is 33.4 Å². The number of imidazole rings is 1.